The SMILES string of the molecule is Cc1ccc(C(c2cccc(F)c2)C2(O)CSC3=NCC=CCN32)cc1. The second kappa shape index (κ2) is 6.89. The first-order valence-corrected chi connectivity index (χ1v) is 9.71. The molecule has 1 N–H and O–H groups in total. The smallest absolute Gasteiger partial charge is 0.162 e. The number of benzene rings is 2. The molecule has 26 heavy (non-hydrogen) atoms. The van der Waals surface area contributed by atoms with Gasteiger partial charge in [-0.3, -0.25) is 4.99 Å². The van der Waals surface area contributed by atoms with Crippen LogP contribution in [0.1, 0.15) is 22.6 Å². The molecule has 2 aromatic rings. The predicted molar refractivity (Wildman–Crippen MR) is 105 cm³/mol. The lowest BCUT2D eigenvalue weighted by Crippen LogP contribution is -2.52. The van der Waals surface area contributed by atoms with E-state index in [2.05, 4.69) is 4.99 Å². The Labute approximate surface area is 157 Å². The van der Waals surface area contributed by atoms with Gasteiger partial charge in [0, 0.05) is 6.54 Å². The van der Waals surface area contributed by atoms with E-state index in [0.717, 1.165) is 21.9 Å². The van der Waals surface area contributed by atoms with E-state index >= 15 is 0 Å². The normalized spacial score (nSPS) is 23.3. The number of amidine groups is 1. The number of nitrogens with zero attached hydrogens (tertiary/aromatic N) is 2. The fourth-order valence-electron chi connectivity index (χ4n) is 3.66. The average Bonchev–Trinajstić information content (AvgIpc) is 2.81. The highest BCUT2D eigenvalue weighted by Gasteiger charge is 2.50. The van der Waals surface area contributed by atoms with Gasteiger partial charge in [-0.05, 0) is 30.2 Å². The summed E-state index contributed by atoms with van der Waals surface area (Å²) in [4.78, 5) is 6.52. The minimum Gasteiger partial charge on any atom is -0.369 e. The first-order valence-electron chi connectivity index (χ1n) is 8.72. The molecule has 3 nitrogen and oxygen atoms in total. The van der Waals surface area contributed by atoms with Crippen LogP contribution in [-0.4, -0.2) is 39.7 Å². The van der Waals surface area contributed by atoms with Crippen molar-refractivity contribution in [3.63, 3.8) is 0 Å². The zero-order valence-electron chi connectivity index (χ0n) is 14.6. The Balaban J connectivity index is 1.85. The molecule has 0 amide bonds. The van der Waals surface area contributed by atoms with Crippen molar-refractivity contribution in [1.82, 2.24) is 4.90 Å². The molecule has 0 aliphatic carbocycles. The number of aryl methyl sites for hydroxylation is 1. The monoisotopic (exact) mass is 368 g/mol. The molecule has 2 heterocycles. The number of fused-ring (bicyclic) bond motifs is 1. The highest BCUT2D eigenvalue weighted by atomic mass is 32.2. The fraction of sp³-hybridized carbons (Fsp3) is 0.286. The van der Waals surface area contributed by atoms with Gasteiger partial charge in [0.1, 0.15) is 5.82 Å². The van der Waals surface area contributed by atoms with Gasteiger partial charge in [-0.1, -0.05) is 65.9 Å². The van der Waals surface area contributed by atoms with Gasteiger partial charge in [-0.2, -0.15) is 0 Å². The van der Waals surface area contributed by atoms with Crippen LogP contribution in [0.2, 0.25) is 0 Å². The minimum absolute atomic E-state index is 0.293. The quantitative estimate of drug-likeness (QED) is 0.834. The third kappa shape index (κ3) is 3.06. The molecule has 2 atom stereocenters. The molecule has 1 saturated heterocycles. The summed E-state index contributed by atoms with van der Waals surface area (Å²) in [5.74, 6) is -0.168. The van der Waals surface area contributed by atoms with Gasteiger partial charge in [-0.15, -0.1) is 0 Å². The van der Waals surface area contributed by atoms with Crippen LogP contribution >= 0.6 is 11.8 Å². The second-order valence-electron chi connectivity index (χ2n) is 6.77. The lowest BCUT2D eigenvalue weighted by molar-refractivity contribution is -0.0503. The number of thioether (sulfide) groups is 1. The van der Waals surface area contributed by atoms with Crippen LogP contribution in [0.5, 0.6) is 0 Å². The predicted octanol–water partition coefficient (Wildman–Crippen LogP) is 3.93. The molecule has 0 spiro atoms. The fourth-order valence-corrected chi connectivity index (χ4v) is 4.87. The molecule has 0 bridgehead atoms. The second-order valence-corrected chi connectivity index (χ2v) is 7.71. The van der Waals surface area contributed by atoms with Gasteiger partial charge < -0.3 is 10.0 Å². The van der Waals surface area contributed by atoms with E-state index in [1.807, 2.05) is 54.3 Å². The number of aliphatic imine (C=N–C) groups is 1. The largest absolute Gasteiger partial charge is 0.369 e. The Kier molecular flexibility index (Phi) is 4.59. The first kappa shape index (κ1) is 17.3. The Morgan fingerprint density at radius 3 is 2.73 bits per heavy atom. The van der Waals surface area contributed by atoms with Crippen LogP contribution in [0.15, 0.2) is 65.7 Å². The van der Waals surface area contributed by atoms with Gasteiger partial charge in [0.25, 0.3) is 0 Å². The van der Waals surface area contributed by atoms with E-state index < -0.39 is 5.72 Å². The molecule has 0 saturated carbocycles. The maximum Gasteiger partial charge on any atom is 0.162 e. The summed E-state index contributed by atoms with van der Waals surface area (Å²) in [6.07, 6.45) is 4.04. The molecule has 4 rings (SSSR count). The molecule has 0 radical (unpaired) electrons. The molecule has 134 valence electrons. The van der Waals surface area contributed by atoms with E-state index in [4.69, 9.17) is 0 Å². The molecule has 2 aromatic carbocycles. The van der Waals surface area contributed by atoms with Crippen LogP contribution in [0, 0.1) is 12.7 Å². The summed E-state index contributed by atoms with van der Waals surface area (Å²) in [7, 11) is 0. The van der Waals surface area contributed by atoms with E-state index in [1.54, 1.807) is 17.8 Å². The Bertz CT molecular complexity index is 865. The van der Waals surface area contributed by atoms with Crippen LogP contribution in [0.3, 0.4) is 0 Å². The number of aliphatic hydroxyl groups is 1. The lowest BCUT2D eigenvalue weighted by Gasteiger charge is -2.40. The zero-order valence-corrected chi connectivity index (χ0v) is 15.4. The third-order valence-electron chi connectivity index (χ3n) is 4.95. The van der Waals surface area contributed by atoms with Crippen molar-refractivity contribution in [2.75, 3.05) is 18.8 Å². The van der Waals surface area contributed by atoms with Crippen molar-refractivity contribution in [2.24, 2.45) is 4.99 Å². The van der Waals surface area contributed by atoms with Gasteiger partial charge in [0.15, 0.2) is 10.9 Å². The number of hydrogen-bond acceptors (Lipinski definition) is 4. The zero-order chi connectivity index (χ0) is 18.1. The molecule has 2 unspecified atom stereocenters. The topological polar surface area (TPSA) is 35.8 Å². The van der Waals surface area contributed by atoms with Gasteiger partial charge >= 0.3 is 0 Å². The van der Waals surface area contributed by atoms with Crippen LogP contribution in [-0.2, 0) is 0 Å². The van der Waals surface area contributed by atoms with Crippen molar-refractivity contribution in [3.05, 3.63) is 83.2 Å². The van der Waals surface area contributed by atoms with E-state index in [-0.39, 0.29) is 11.7 Å². The molecule has 2 aliphatic rings. The van der Waals surface area contributed by atoms with Gasteiger partial charge in [-0.25, -0.2) is 4.39 Å². The summed E-state index contributed by atoms with van der Waals surface area (Å²) in [5, 5.41) is 12.7. The van der Waals surface area contributed by atoms with Crippen LogP contribution in [0.4, 0.5) is 4.39 Å². The summed E-state index contributed by atoms with van der Waals surface area (Å²) in [6, 6.07) is 14.7. The average molecular weight is 368 g/mol. The highest BCUT2D eigenvalue weighted by molar-refractivity contribution is 8.14. The standard InChI is InChI=1S/C21H21FN2OS/c1-15-7-9-16(10-8-15)19(17-5-4-6-18(22)13-17)21(25)14-26-20-23-11-2-3-12-24(20)21/h2-10,13,19,25H,11-12,14H2,1H3. The molecule has 2 aliphatic heterocycles. The molecule has 0 aromatic heterocycles. The van der Waals surface area contributed by atoms with Crippen LogP contribution < -0.4 is 0 Å². The molecular weight excluding hydrogens is 347 g/mol. The number of hydrogen-bond donors (Lipinski definition) is 1. The Morgan fingerprint density at radius 1 is 1.15 bits per heavy atom. The maximum atomic E-state index is 14.0. The van der Waals surface area contributed by atoms with Gasteiger partial charge in [0.2, 0.25) is 0 Å². The van der Waals surface area contributed by atoms with Crippen molar-refractivity contribution in [1.29, 1.82) is 0 Å². The molecule has 1 fully saturated rings. The van der Waals surface area contributed by atoms with Crippen molar-refractivity contribution >= 4 is 16.9 Å². The number of halogens is 1. The van der Waals surface area contributed by atoms with Crippen LogP contribution in [0.25, 0.3) is 0 Å². The first-order chi connectivity index (χ1) is 12.6. The summed E-state index contributed by atoms with van der Waals surface area (Å²) in [5.41, 5.74) is 1.73. The van der Waals surface area contributed by atoms with Crippen molar-refractivity contribution < 1.29 is 9.50 Å². The lowest BCUT2D eigenvalue weighted by atomic mass is 9.82. The van der Waals surface area contributed by atoms with Gasteiger partial charge in [0.05, 0.1) is 18.2 Å². The highest BCUT2D eigenvalue weighted by Crippen LogP contribution is 2.45. The summed E-state index contributed by atoms with van der Waals surface area (Å²) >= 11 is 1.56. The molecule has 5 heteroatoms. The van der Waals surface area contributed by atoms with E-state index in [1.165, 1.54) is 12.1 Å². The summed E-state index contributed by atoms with van der Waals surface area (Å²) < 4.78 is 14.0. The van der Waals surface area contributed by atoms with Crippen molar-refractivity contribution in [2.45, 2.75) is 18.6 Å². The maximum absolute atomic E-state index is 14.0. The van der Waals surface area contributed by atoms with Crippen molar-refractivity contribution in [3.8, 4) is 0 Å². The van der Waals surface area contributed by atoms with E-state index in [0.29, 0.717) is 18.8 Å². The van der Waals surface area contributed by atoms with E-state index in [9.17, 15) is 9.50 Å². The number of rotatable bonds is 3. The Hall–Kier alpha value is -2.11. The summed E-state index contributed by atoms with van der Waals surface area (Å²) in [6.45, 7) is 3.26. The minimum atomic E-state index is -1.17. The Morgan fingerprint density at radius 2 is 1.96 bits per heavy atom. The third-order valence-corrected chi connectivity index (χ3v) is 6.13. The molecular formula is C21H21FN2OS.